The van der Waals surface area contributed by atoms with E-state index in [2.05, 4.69) is 42.4 Å². The molecule has 0 radical (unpaired) electrons. The summed E-state index contributed by atoms with van der Waals surface area (Å²) in [5.41, 5.74) is 3.17. The number of hydrogen-bond donors (Lipinski definition) is 1. The lowest BCUT2D eigenvalue weighted by Crippen LogP contribution is -2.42. The first kappa shape index (κ1) is 17.8. The van der Waals surface area contributed by atoms with Gasteiger partial charge in [0.2, 0.25) is 6.10 Å². The number of ether oxygens (including phenoxy) is 3. The van der Waals surface area contributed by atoms with Crippen LogP contribution in [0.2, 0.25) is 0 Å². The Morgan fingerprint density at radius 2 is 2.08 bits per heavy atom. The molecule has 8 heteroatoms. The summed E-state index contributed by atoms with van der Waals surface area (Å²) in [4.78, 5) is 12.2. The highest BCUT2D eigenvalue weighted by Gasteiger charge is 2.27. The van der Waals surface area contributed by atoms with E-state index in [1.54, 1.807) is 19.2 Å². The van der Waals surface area contributed by atoms with E-state index in [1.165, 1.54) is 6.21 Å². The molecule has 0 bridgehead atoms. The number of hydrogen-bond acceptors (Lipinski definition) is 5. The van der Waals surface area contributed by atoms with Crippen molar-refractivity contribution in [2.24, 2.45) is 5.10 Å². The summed E-state index contributed by atoms with van der Waals surface area (Å²) in [6.07, 6.45) is 0.743. The first-order valence-corrected chi connectivity index (χ1v) is 8.91. The minimum atomic E-state index is -0.761. The molecule has 2 aromatic carbocycles. The van der Waals surface area contributed by atoms with Gasteiger partial charge in [0.05, 0.1) is 17.8 Å². The molecule has 2 aromatic rings. The molecule has 1 N–H and O–H groups in total. The number of rotatable bonds is 4. The summed E-state index contributed by atoms with van der Waals surface area (Å²) in [5.74, 6) is 1.39. The van der Waals surface area contributed by atoms with Crippen LogP contribution in [0.3, 0.4) is 0 Å². The van der Waals surface area contributed by atoms with E-state index in [0.29, 0.717) is 22.8 Å². The summed E-state index contributed by atoms with van der Waals surface area (Å²) in [6, 6.07) is 10.9. The lowest BCUT2D eigenvalue weighted by Gasteiger charge is -2.24. The summed E-state index contributed by atoms with van der Waals surface area (Å²) in [7, 11) is 1.56. The van der Waals surface area contributed by atoms with Gasteiger partial charge in [0.25, 0.3) is 5.91 Å². The fourth-order valence-corrected chi connectivity index (χ4v) is 3.70. The largest absolute Gasteiger partial charge is 0.495 e. The van der Waals surface area contributed by atoms with Crippen LogP contribution in [0.4, 0.5) is 0 Å². The molecule has 25 heavy (non-hydrogen) atoms. The molecule has 1 atom stereocenters. The molecular formula is C17H14Br2N2O4. The number of benzene rings is 2. The molecule has 0 aromatic heterocycles. The molecule has 6 nitrogen and oxygen atoms in total. The van der Waals surface area contributed by atoms with Crippen molar-refractivity contribution in [2.75, 3.05) is 13.7 Å². The summed E-state index contributed by atoms with van der Waals surface area (Å²) in [6.45, 7) is 0.129. The van der Waals surface area contributed by atoms with Crippen LogP contribution in [0.5, 0.6) is 17.2 Å². The lowest BCUT2D eigenvalue weighted by atomic mass is 10.2. The molecule has 130 valence electrons. The molecule has 1 heterocycles. The van der Waals surface area contributed by atoms with Gasteiger partial charge in [-0.05, 0) is 40.2 Å². The third-order valence-electron chi connectivity index (χ3n) is 3.42. The number of nitrogens with one attached hydrogen (secondary N) is 1. The van der Waals surface area contributed by atoms with Crippen molar-refractivity contribution in [3.63, 3.8) is 0 Å². The molecular weight excluding hydrogens is 456 g/mol. The van der Waals surface area contributed by atoms with Gasteiger partial charge < -0.3 is 14.2 Å². The van der Waals surface area contributed by atoms with Gasteiger partial charge in [-0.15, -0.1) is 0 Å². The fourth-order valence-electron chi connectivity index (χ4n) is 2.28. The SMILES string of the molecule is COc1c(Br)cc(Br)cc1/C=N\NC(=O)[C@@H]1COc2ccccc2O1. The van der Waals surface area contributed by atoms with Crippen molar-refractivity contribution >= 4 is 44.0 Å². The van der Waals surface area contributed by atoms with Crippen LogP contribution in [0.25, 0.3) is 0 Å². The van der Waals surface area contributed by atoms with Crippen LogP contribution in [0, 0.1) is 0 Å². The first-order chi connectivity index (χ1) is 12.1. The van der Waals surface area contributed by atoms with E-state index in [9.17, 15) is 4.79 Å². The zero-order chi connectivity index (χ0) is 17.8. The van der Waals surface area contributed by atoms with Crippen molar-refractivity contribution < 1.29 is 19.0 Å². The average Bonchev–Trinajstić information content (AvgIpc) is 2.61. The Bertz CT molecular complexity index is 826. The van der Waals surface area contributed by atoms with Crippen LogP contribution in [-0.4, -0.2) is 31.9 Å². The standard InChI is InChI=1S/C17H14Br2N2O4/c1-23-16-10(6-11(18)7-12(16)19)8-20-21-17(22)15-9-24-13-4-2-3-5-14(13)25-15/h2-8,15H,9H2,1H3,(H,21,22)/b20-8-/t15-/m0/s1. The minimum absolute atomic E-state index is 0.129. The van der Waals surface area contributed by atoms with E-state index in [1.807, 2.05) is 24.3 Å². The number of fused-ring (bicyclic) bond motifs is 1. The topological polar surface area (TPSA) is 69.2 Å². The number of methoxy groups -OCH3 is 1. The Morgan fingerprint density at radius 3 is 2.84 bits per heavy atom. The van der Waals surface area contributed by atoms with Gasteiger partial charge in [0, 0.05) is 10.0 Å². The van der Waals surface area contributed by atoms with Crippen molar-refractivity contribution in [3.05, 3.63) is 50.9 Å². The predicted molar refractivity (Wildman–Crippen MR) is 100 cm³/mol. The van der Waals surface area contributed by atoms with Crippen LogP contribution in [-0.2, 0) is 4.79 Å². The predicted octanol–water partition coefficient (Wildman–Crippen LogP) is 3.51. The zero-order valence-electron chi connectivity index (χ0n) is 13.2. The quantitative estimate of drug-likeness (QED) is 0.549. The minimum Gasteiger partial charge on any atom is -0.495 e. The lowest BCUT2D eigenvalue weighted by molar-refractivity contribution is -0.130. The number of hydrazone groups is 1. The van der Waals surface area contributed by atoms with Gasteiger partial charge >= 0.3 is 0 Å². The Morgan fingerprint density at radius 1 is 1.32 bits per heavy atom. The maximum Gasteiger partial charge on any atom is 0.284 e. The second-order valence-corrected chi connectivity index (χ2v) is 6.88. The molecule has 1 amide bonds. The van der Waals surface area contributed by atoms with E-state index in [0.717, 1.165) is 8.95 Å². The number of nitrogens with zero attached hydrogens (tertiary/aromatic N) is 1. The van der Waals surface area contributed by atoms with E-state index in [-0.39, 0.29) is 6.61 Å². The monoisotopic (exact) mass is 468 g/mol. The van der Waals surface area contributed by atoms with E-state index >= 15 is 0 Å². The molecule has 0 fully saturated rings. The van der Waals surface area contributed by atoms with Crippen molar-refractivity contribution in [1.82, 2.24) is 5.43 Å². The molecule has 0 aliphatic carbocycles. The van der Waals surface area contributed by atoms with E-state index in [4.69, 9.17) is 14.2 Å². The Kier molecular flexibility index (Phi) is 5.60. The molecule has 1 aliphatic heterocycles. The fraction of sp³-hybridized carbons (Fsp3) is 0.176. The summed E-state index contributed by atoms with van der Waals surface area (Å²) < 4.78 is 18.1. The van der Waals surface area contributed by atoms with Gasteiger partial charge in [-0.2, -0.15) is 5.10 Å². The van der Waals surface area contributed by atoms with Crippen LogP contribution < -0.4 is 19.6 Å². The van der Waals surface area contributed by atoms with Gasteiger partial charge in [0.15, 0.2) is 11.5 Å². The van der Waals surface area contributed by atoms with Gasteiger partial charge in [0.1, 0.15) is 12.4 Å². The maximum absolute atomic E-state index is 12.2. The van der Waals surface area contributed by atoms with Crippen LogP contribution in [0.1, 0.15) is 5.56 Å². The van der Waals surface area contributed by atoms with E-state index < -0.39 is 12.0 Å². The molecule has 0 saturated heterocycles. The zero-order valence-corrected chi connectivity index (χ0v) is 16.3. The third kappa shape index (κ3) is 4.13. The first-order valence-electron chi connectivity index (χ1n) is 7.33. The van der Waals surface area contributed by atoms with Crippen molar-refractivity contribution in [2.45, 2.75) is 6.10 Å². The smallest absolute Gasteiger partial charge is 0.284 e. The summed E-state index contributed by atoms with van der Waals surface area (Å²) in [5, 5.41) is 3.98. The van der Waals surface area contributed by atoms with Crippen molar-refractivity contribution in [1.29, 1.82) is 0 Å². The molecule has 1 aliphatic rings. The van der Waals surface area contributed by atoms with Gasteiger partial charge in [-0.1, -0.05) is 28.1 Å². The highest BCUT2D eigenvalue weighted by atomic mass is 79.9. The molecule has 0 spiro atoms. The highest BCUT2D eigenvalue weighted by Crippen LogP contribution is 2.32. The maximum atomic E-state index is 12.2. The highest BCUT2D eigenvalue weighted by molar-refractivity contribution is 9.11. The molecule has 0 unspecified atom stereocenters. The number of carbonyl (C=O) groups is 1. The normalized spacial score (nSPS) is 15.9. The number of amides is 1. The van der Waals surface area contributed by atoms with Gasteiger partial charge in [-0.3, -0.25) is 4.79 Å². The summed E-state index contributed by atoms with van der Waals surface area (Å²) >= 11 is 6.82. The number of halogens is 2. The Labute approximate surface area is 161 Å². The van der Waals surface area contributed by atoms with Crippen molar-refractivity contribution in [3.8, 4) is 17.2 Å². The van der Waals surface area contributed by atoms with Crippen LogP contribution in [0.15, 0.2) is 50.4 Å². The third-order valence-corrected chi connectivity index (χ3v) is 4.47. The van der Waals surface area contributed by atoms with Gasteiger partial charge in [-0.25, -0.2) is 5.43 Å². The Balaban J connectivity index is 1.66. The van der Waals surface area contributed by atoms with Crippen LogP contribution >= 0.6 is 31.9 Å². The molecule has 3 rings (SSSR count). The number of carbonyl (C=O) groups excluding carboxylic acids is 1. The second-order valence-electron chi connectivity index (χ2n) is 5.11. The second kappa shape index (κ2) is 7.88. The average molecular weight is 470 g/mol. The Hall–Kier alpha value is -2.06. The molecule has 0 saturated carbocycles. The number of para-hydroxylation sites is 2.